The van der Waals surface area contributed by atoms with Crippen molar-refractivity contribution in [2.75, 3.05) is 18.9 Å². The Bertz CT molecular complexity index is 839. The van der Waals surface area contributed by atoms with Gasteiger partial charge in [-0.3, -0.25) is 14.9 Å². The molecule has 0 saturated heterocycles. The summed E-state index contributed by atoms with van der Waals surface area (Å²) in [5, 5.41) is 13.6. The SMILES string of the molecule is CN(CC(=O)O)C(=O)c1csc(-c2ccc(NC(=O)OC(C)(C)C)cc2)n1. The number of nitrogens with zero attached hydrogens (tertiary/aromatic N) is 2. The molecule has 0 saturated carbocycles. The lowest BCUT2D eigenvalue weighted by Crippen LogP contribution is -2.32. The van der Waals surface area contributed by atoms with E-state index in [1.54, 1.807) is 50.4 Å². The van der Waals surface area contributed by atoms with Gasteiger partial charge in [0.25, 0.3) is 5.91 Å². The zero-order chi connectivity index (χ0) is 20.2. The predicted molar refractivity (Wildman–Crippen MR) is 102 cm³/mol. The second-order valence-corrected chi connectivity index (χ2v) is 7.66. The number of hydrogen-bond donors (Lipinski definition) is 2. The van der Waals surface area contributed by atoms with E-state index >= 15 is 0 Å². The molecule has 9 heteroatoms. The topological polar surface area (TPSA) is 109 Å². The lowest BCUT2D eigenvalue weighted by molar-refractivity contribution is -0.137. The number of carboxylic acids is 1. The van der Waals surface area contributed by atoms with Crippen molar-refractivity contribution in [1.29, 1.82) is 0 Å². The number of anilines is 1. The van der Waals surface area contributed by atoms with E-state index in [4.69, 9.17) is 9.84 Å². The summed E-state index contributed by atoms with van der Waals surface area (Å²) in [7, 11) is 1.41. The summed E-state index contributed by atoms with van der Waals surface area (Å²) >= 11 is 1.28. The molecule has 1 heterocycles. The standard InChI is InChI=1S/C18H21N3O5S/c1-18(2,3)26-17(25)19-12-7-5-11(6-8-12)15-20-13(10-27-15)16(24)21(4)9-14(22)23/h5-8,10H,9H2,1-4H3,(H,19,25)(H,22,23). The third-order valence-corrected chi connectivity index (χ3v) is 4.11. The Labute approximate surface area is 160 Å². The normalized spacial score (nSPS) is 11.0. The maximum atomic E-state index is 12.2. The van der Waals surface area contributed by atoms with E-state index in [1.807, 2.05) is 0 Å². The Morgan fingerprint density at radius 1 is 1.22 bits per heavy atom. The third kappa shape index (κ3) is 6.07. The number of ether oxygens (including phenoxy) is 1. The molecule has 0 bridgehead atoms. The summed E-state index contributed by atoms with van der Waals surface area (Å²) in [6, 6.07) is 6.94. The molecule has 0 atom stereocenters. The Morgan fingerprint density at radius 3 is 2.41 bits per heavy atom. The molecule has 1 aromatic heterocycles. The number of nitrogens with one attached hydrogen (secondary N) is 1. The number of aromatic nitrogens is 1. The van der Waals surface area contributed by atoms with Gasteiger partial charge in [-0.2, -0.15) is 0 Å². The Morgan fingerprint density at radius 2 is 1.85 bits per heavy atom. The number of thiazole rings is 1. The summed E-state index contributed by atoms with van der Waals surface area (Å²) in [4.78, 5) is 40.0. The average molecular weight is 391 g/mol. The first-order valence-corrected chi connectivity index (χ1v) is 8.96. The number of aliphatic carboxylic acids is 1. The van der Waals surface area contributed by atoms with Gasteiger partial charge in [0.2, 0.25) is 0 Å². The molecule has 0 spiro atoms. The highest BCUT2D eigenvalue weighted by atomic mass is 32.1. The first-order valence-electron chi connectivity index (χ1n) is 8.08. The molecule has 27 heavy (non-hydrogen) atoms. The maximum absolute atomic E-state index is 12.2. The van der Waals surface area contributed by atoms with Crippen LogP contribution >= 0.6 is 11.3 Å². The van der Waals surface area contributed by atoms with Crippen LogP contribution in [0.2, 0.25) is 0 Å². The monoisotopic (exact) mass is 391 g/mol. The van der Waals surface area contributed by atoms with Crippen LogP contribution < -0.4 is 5.32 Å². The minimum absolute atomic E-state index is 0.190. The van der Waals surface area contributed by atoms with Crippen LogP contribution in [0, 0.1) is 0 Å². The van der Waals surface area contributed by atoms with E-state index < -0.39 is 30.1 Å². The van der Waals surface area contributed by atoms with E-state index in [0.717, 1.165) is 10.5 Å². The molecular formula is C18H21N3O5S. The summed E-state index contributed by atoms with van der Waals surface area (Å²) in [5.41, 5.74) is 0.952. The van der Waals surface area contributed by atoms with E-state index in [-0.39, 0.29) is 5.69 Å². The smallest absolute Gasteiger partial charge is 0.412 e. The van der Waals surface area contributed by atoms with Gasteiger partial charge in [0.1, 0.15) is 22.8 Å². The molecule has 0 radical (unpaired) electrons. The van der Waals surface area contributed by atoms with Crippen molar-refractivity contribution in [2.24, 2.45) is 0 Å². The van der Waals surface area contributed by atoms with E-state index in [9.17, 15) is 14.4 Å². The quantitative estimate of drug-likeness (QED) is 0.809. The highest BCUT2D eigenvalue weighted by Gasteiger charge is 2.18. The summed E-state index contributed by atoms with van der Waals surface area (Å²) in [5.74, 6) is -1.54. The van der Waals surface area contributed by atoms with E-state index in [2.05, 4.69) is 10.3 Å². The number of amides is 2. The minimum atomic E-state index is -1.09. The van der Waals surface area contributed by atoms with Gasteiger partial charge in [0.15, 0.2) is 0 Å². The molecule has 0 aliphatic heterocycles. The van der Waals surface area contributed by atoms with Crippen molar-refractivity contribution < 1.29 is 24.2 Å². The molecule has 144 valence electrons. The van der Waals surface area contributed by atoms with Crippen molar-refractivity contribution >= 4 is 35.0 Å². The number of carbonyl (C=O) groups excluding carboxylic acids is 2. The lowest BCUT2D eigenvalue weighted by atomic mass is 10.2. The molecule has 2 rings (SSSR count). The average Bonchev–Trinajstić information content (AvgIpc) is 3.02. The van der Waals surface area contributed by atoms with Crippen molar-refractivity contribution in [1.82, 2.24) is 9.88 Å². The number of rotatable bonds is 5. The predicted octanol–water partition coefficient (Wildman–Crippen LogP) is 3.31. The molecule has 2 aromatic rings. The highest BCUT2D eigenvalue weighted by molar-refractivity contribution is 7.13. The van der Waals surface area contributed by atoms with Crippen LogP contribution in [0.15, 0.2) is 29.6 Å². The molecule has 2 N–H and O–H groups in total. The van der Waals surface area contributed by atoms with Crippen LogP contribution in [0.1, 0.15) is 31.3 Å². The number of carbonyl (C=O) groups is 3. The number of likely N-dealkylation sites (N-methyl/N-ethyl adjacent to an activating group) is 1. The van der Waals surface area contributed by atoms with Crippen LogP contribution in [0.4, 0.5) is 10.5 Å². The molecule has 8 nitrogen and oxygen atoms in total. The molecule has 1 aromatic carbocycles. The zero-order valence-corrected chi connectivity index (χ0v) is 16.3. The molecular weight excluding hydrogens is 370 g/mol. The van der Waals surface area contributed by atoms with E-state index in [1.165, 1.54) is 18.4 Å². The van der Waals surface area contributed by atoms with Crippen molar-refractivity contribution in [3.63, 3.8) is 0 Å². The Balaban J connectivity index is 2.05. The third-order valence-electron chi connectivity index (χ3n) is 3.22. The van der Waals surface area contributed by atoms with E-state index in [0.29, 0.717) is 10.7 Å². The lowest BCUT2D eigenvalue weighted by Gasteiger charge is -2.19. The maximum Gasteiger partial charge on any atom is 0.412 e. The summed E-state index contributed by atoms with van der Waals surface area (Å²) in [6.07, 6.45) is -0.543. The Kier molecular flexibility index (Phi) is 6.17. The van der Waals surface area contributed by atoms with Gasteiger partial charge < -0.3 is 14.7 Å². The fourth-order valence-corrected chi connectivity index (χ4v) is 2.89. The second kappa shape index (κ2) is 8.17. The molecule has 2 amide bonds. The fourth-order valence-electron chi connectivity index (χ4n) is 2.09. The number of carboxylic acid groups (broad SMARTS) is 1. The highest BCUT2D eigenvalue weighted by Crippen LogP contribution is 2.25. The second-order valence-electron chi connectivity index (χ2n) is 6.80. The first kappa shape index (κ1) is 20.4. The van der Waals surface area contributed by atoms with Crippen LogP contribution in [0.5, 0.6) is 0 Å². The van der Waals surface area contributed by atoms with Gasteiger partial charge in [-0.05, 0) is 45.0 Å². The van der Waals surface area contributed by atoms with Gasteiger partial charge >= 0.3 is 12.1 Å². The summed E-state index contributed by atoms with van der Waals surface area (Å²) in [6.45, 7) is 4.96. The van der Waals surface area contributed by atoms with Crippen LogP contribution in [0.25, 0.3) is 10.6 Å². The molecule has 0 aliphatic rings. The van der Waals surface area contributed by atoms with Crippen LogP contribution in [-0.2, 0) is 9.53 Å². The van der Waals surface area contributed by atoms with Crippen molar-refractivity contribution in [2.45, 2.75) is 26.4 Å². The largest absolute Gasteiger partial charge is 0.480 e. The van der Waals surface area contributed by atoms with Gasteiger partial charge in [0, 0.05) is 23.7 Å². The van der Waals surface area contributed by atoms with Crippen LogP contribution in [-0.4, -0.2) is 52.2 Å². The summed E-state index contributed by atoms with van der Waals surface area (Å²) < 4.78 is 5.19. The van der Waals surface area contributed by atoms with Crippen molar-refractivity contribution in [3.8, 4) is 10.6 Å². The van der Waals surface area contributed by atoms with Crippen LogP contribution in [0.3, 0.4) is 0 Å². The van der Waals surface area contributed by atoms with Gasteiger partial charge in [-0.1, -0.05) is 0 Å². The Hall–Kier alpha value is -2.94. The fraction of sp³-hybridized carbons (Fsp3) is 0.333. The van der Waals surface area contributed by atoms with Gasteiger partial charge in [-0.15, -0.1) is 11.3 Å². The minimum Gasteiger partial charge on any atom is -0.480 e. The first-order chi connectivity index (χ1) is 12.5. The number of benzene rings is 1. The van der Waals surface area contributed by atoms with Crippen molar-refractivity contribution in [3.05, 3.63) is 35.3 Å². The van der Waals surface area contributed by atoms with Gasteiger partial charge in [0.05, 0.1) is 0 Å². The molecule has 0 aliphatic carbocycles. The molecule has 0 unspecified atom stereocenters. The molecule has 0 fully saturated rings. The zero-order valence-electron chi connectivity index (χ0n) is 15.5. The van der Waals surface area contributed by atoms with Gasteiger partial charge in [-0.25, -0.2) is 9.78 Å². The number of hydrogen-bond acceptors (Lipinski definition) is 6.